The predicted octanol–water partition coefficient (Wildman–Crippen LogP) is 1.69. The van der Waals surface area contributed by atoms with Gasteiger partial charge in [0, 0.05) is 18.4 Å². The Morgan fingerprint density at radius 2 is 2.04 bits per heavy atom. The highest BCUT2D eigenvalue weighted by atomic mass is 16.5. The number of carbonyl (C=O) groups excluding carboxylic acids is 1. The Bertz CT molecular complexity index is 737. The van der Waals surface area contributed by atoms with Crippen molar-refractivity contribution in [3.05, 3.63) is 53.3 Å². The molecule has 6 heteroatoms. The number of amides is 1. The van der Waals surface area contributed by atoms with Crippen molar-refractivity contribution in [2.45, 2.75) is 20.0 Å². The fourth-order valence-electron chi connectivity index (χ4n) is 2.88. The Labute approximate surface area is 147 Å². The molecule has 2 aromatic rings. The number of carbonyl (C=O) groups is 1. The Morgan fingerprint density at radius 3 is 2.72 bits per heavy atom. The topological polar surface area (TPSA) is 74.7 Å². The van der Waals surface area contributed by atoms with Crippen LogP contribution in [0.5, 0.6) is 5.75 Å². The van der Waals surface area contributed by atoms with Gasteiger partial charge in [0.2, 0.25) is 0 Å². The van der Waals surface area contributed by atoms with Crippen LogP contribution in [0.25, 0.3) is 0 Å². The van der Waals surface area contributed by atoms with E-state index in [0.717, 1.165) is 35.7 Å². The number of hydrogen-bond acceptors (Lipinski definition) is 5. The maximum atomic E-state index is 11.9. The zero-order valence-corrected chi connectivity index (χ0v) is 14.5. The van der Waals surface area contributed by atoms with Gasteiger partial charge in [-0.1, -0.05) is 18.2 Å². The summed E-state index contributed by atoms with van der Waals surface area (Å²) in [5, 5.41) is 11.4. The van der Waals surface area contributed by atoms with E-state index in [9.17, 15) is 4.79 Å². The summed E-state index contributed by atoms with van der Waals surface area (Å²) in [6.07, 6.45) is 1.77. The number of aryl methyl sites for hydroxylation is 2. The number of nitrogens with one attached hydrogen (secondary N) is 1. The zero-order valence-electron chi connectivity index (χ0n) is 14.5. The number of anilines is 1. The van der Waals surface area contributed by atoms with Crippen molar-refractivity contribution in [1.29, 1.82) is 0 Å². The lowest BCUT2D eigenvalue weighted by atomic mass is 10.1. The molecule has 132 valence electrons. The normalized spacial score (nSPS) is 14.1. The van der Waals surface area contributed by atoms with Crippen LogP contribution < -0.4 is 15.0 Å². The highest BCUT2D eigenvalue weighted by Crippen LogP contribution is 2.28. The molecule has 1 aliphatic rings. The van der Waals surface area contributed by atoms with E-state index in [0.29, 0.717) is 5.69 Å². The highest BCUT2D eigenvalue weighted by Gasteiger charge is 2.29. The molecule has 1 saturated heterocycles. The van der Waals surface area contributed by atoms with Crippen molar-refractivity contribution in [2.75, 3.05) is 31.1 Å². The minimum absolute atomic E-state index is 0.0884. The number of ether oxygens (including phenoxy) is 1. The van der Waals surface area contributed by atoms with Crippen LogP contribution in [0.4, 0.5) is 5.69 Å². The molecule has 1 aromatic carbocycles. The number of aliphatic hydroxyl groups excluding tert-OH is 1. The maximum Gasteiger partial charge on any atom is 0.270 e. The number of benzene rings is 1. The second kappa shape index (κ2) is 7.53. The van der Waals surface area contributed by atoms with Crippen LogP contribution in [-0.2, 0) is 0 Å². The second-order valence-corrected chi connectivity index (χ2v) is 6.24. The third-order valence-corrected chi connectivity index (χ3v) is 4.28. The SMILES string of the molecule is Cc1cccc(C)c1OC1CN(c2ccnc(C(=O)NCCO)c2)C1. The third kappa shape index (κ3) is 3.91. The van der Waals surface area contributed by atoms with Crippen LogP contribution in [-0.4, -0.2) is 48.3 Å². The predicted molar refractivity (Wildman–Crippen MR) is 96.2 cm³/mol. The number of hydrogen-bond donors (Lipinski definition) is 2. The summed E-state index contributed by atoms with van der Waals surface area (Å²) in [7, 11) is 0. The summed E-state index contributed by atoms with van der Waals surface area (Å²) >= 11 is 0. The molecule has 1 aromatic heterocycles. The van der Waals surface area contributed by atoms with E-state index in [-0.39, 0.29) is 25.2 Å². The molecule has 6 nitrogen and oxygen atoms in total. The minimum Gasteiger partial charge on any atom is -0.486 e. The standard InChI is InChI=1S/C19H23N3O3/c1-13-4-3-5-14(2)18(13)25-16-11-22(12-16)15-6-7-20-17(10-15)19(24)21-8-9-23/h3-7,10,16,23H,8-9,11-12H2,1-2H3,(H,21,24). The van der Waals surface area contributed by atoms with E-state index >= 15 is 0 Å². The minimum atomic E-state index is -0.278. The molecule has 0 aliphatic carbocycles. The summed E-state index contributed by atoms with van der Waals surface area (Å²) < 4.78 is 6.13. The monoisotopic (exact) mass is 341 g/mol. The fraction of sp³-hybridized carbons (Fsp3) is 0.368. The molecule has 25 heavy (non-hydrogen) atoms. The van der Waals surface area contributed by atoms with Crippen molar-refractivity contribution in [3.63, 3.8) is 0 Å². The molecule has 0 spiro atoms. The van der Waals surface area contributed by atoms with Gasteiger partial charge in [-0.2, -0.15) is 0 Å². The van der Waals surface area contributed by atoms with Gasteiger partial charge in [0.15, 0.2) is 0 Å². The van der Waals surface area contributed by atoms with Gasteiger partial charge in [-0.05, 0) is 37.1 Å². The van der Waals surface area contributed by atoms with Crippen molar-refractivity contribution < 1.29 is 14.6 Å². The second-order valence-electron chi connectivity index (χ2n) is 6.24. The molecular weight excluding hydrogens is 318 g/mol. The quantitative estimate of drug-likeness (QED) is 0.836. The van der Waals surface area contributed by atoms with Gasteiger partial charge in [-0.15, -0.1) is 0 Å². The Morgan fingerprint density at radius 1 is 1.32 bits per heavy atom. The van der Waals surface area contributed by atoms with E-state index in [1.165, 1.54) is 0 Å². The average molecular weight is 341 g/mol. The molecule has 1 fully saturated rings. The van der Waals surface area contributed by atoms with E-state index in [4.69, 9.17) is 9.84 Å². The molecule has 0 bridgehead atoms. The number of rotatable bonds is 6. The van der Waals surface area contributed by atoms with Crippen LogP contribution in [0.3, 0.4) is 0 Å². The van der Waals surface area contributed by atoms with Crippen LogP contribution >= 0.6 is 0 Å². The van der Waals surface area contributed by atoms with E-state index in [2.05, 4.69) is 41.2 Å². The number of aliphatic hydroxyl groups is 1. The number of nitrogens with zero attached hydrogens (tertiary/aromatic N) is 2. The van der Waals surface area contributed by atoms with E-state index < -0.39 is 0 Å². The Hall–Kier alpha value is -2.60. The van der Waals surface area contributed by atoms with E-state index in [1.807, 2.05) is 12.1 Å². The van der Waals surface area contributed by atoms with Crippen LogP contribution in [0.15, 0.2) is 36.5 Å². The Balaban J connectivity index is 1.60. The van der Waals surface area contributed by atoms with Crippen molar-refractivity contribution in [2.24, 2.45) is 0 Å². The maximum absolute atomic E-state index is 11.9. The zero-order chi connectivity index (χ0) is 17.8. The summed E-state index contributed by atoms with van der Waals surface area (Å²) in [6.45, 7) is 5.79. The lowest BCUT2D eigenvalue weighted by Crippen LogP contribution is -2.54. The van der Waals surface area contributed by atoms with Crippen molar-refractivity contribution in [1.82, 2.24) is 10.3 Å². The van der Waals surface area contributed by atoms with Gasteiger partial charge in [-0.3, -0.25) is 9.78 Å². The van der Waals surface area contributed by atoms with E-state index in [1.54, 1.807) is 12.3 Å². The first-order valence-electron chi connectivity index (χ1n) is 8.41. The molecular formula is C19H23N3O3. The van der Waals surface area contributed by atoms with Crippen LogP contribution in [0, 0.1) is 13.8 Å². The molecule has 0 radical (unpaired) electrons. The van der Waals surface area contributed by atoms with Crippen LogP contribution in [0.1, 0.15) is 21.6 Å². The van der Waals surface area contributed by atoms with Crippen LogP contribution in [0.2, 0.25) is 0 Å². The van der Waals surface area contributed by atoms with Gasteiger partial charge < -0.3 is 20.1 Å². The Kier molecular flexibility index (Phi) is 5.19. The molecule has 2 N–H and O–H groups in total. The summed E-state index contributed by atoms with van der Waals surface area (Å²) in [5.74, 6) is 0.686. The first kappa shape index (κ1) is 17.2. The lowest BCUT2D eigenvalue weighted by Gasteiger charge is -2.41. The molecule has 0 unspecified atom stereocenters. The first-order valence-corrected chi connectivity index (χ1v) is 8.41. The summed E-state index contributed by atoms with van der Waals surface area (Å²) in [6, 6.07) is 9.79. The largest absolute Gasteiger partial charge is 0.486 e. The number of aromatic nitrogens is 1. The molecule has 1 amide bonds. The van der Waals surface area contributed by atoms with Gasteiger partial charge in [0.25, 0.3) is 5.91 Å². The average Bonchev–Trinajstić information content (AvgIpc) is 2.57. The summed E-state index contributed by atoms with van der Waals surface area (Å²) in [5.41, 5.74) is 3.59. The van der Waals surface area contributed by atoms with Gasteiger partial charge in [-0.25, -0.2) is 0 Å². The first-order chi connectivity index (χ1) is 12.1. The molecule has 0 saturated carbocycles. The van der Waals surface area contributed by atoms with Gasteiger partial charge >= 0.3 is 0 Å². The fourth-order valence-corrected chi connectivity index (χ4v) is 2.88. The highest BCUT2D eigenvalue weighted by molar-refractivity contribution is 5.93. The van der Waals surface area contributed by atoms with Gasteiger partial charge in [0.05, 0.1) is 19.7 Å². The third-order valence-electron chi connectivity index (χ3n) is 4.28. The molecule has 2 heterocycles. The molecule has 0 atom stereocenters. The van der Waals surface area contributed by atoms with Gasteiger partial charge in [0.1, 0.15) is 17.5 Å². The summed E-state index contributed by atoms with van der Waals surface area (Å²) in [4.78, 5) is 18.2. The number of pyridine rings is 1. The smallest absolute Gasteiger partial charge is 0.270 e. The number of para-hydroxylation sites is 1. The molecule has 1 aliphatic heterocycles. The van der Waals surface area contributed by atoms with Crippen molar-refractivity contribution in [3.8, 4) is 5.75 Å². The lowest BCUT2D eigenvalue weighted by molar-refractivity contribution is 0.0940. The van der Waals surface area contributed by atoms with Crippen molar-refractivity contribution >= 4 is 11.6 Å². The molecule has 3 rings (SSSR count).